The van der Waals surface area contributed by atoms with Gasteiger partial charge in [-0.05, 0) is 26.7 Å². The van der Waals surface area contributed by atoms with Crippen LogP contribution in [0.25, 0.3) is 0 Å². The first-order valence-corrected chi connectivity index (χ1v) is 6.65. The van der Waals surface area contributed by atoms with Crippen molar-refractivity contribution in [3.05, 3.63) is 12.0 Å². The summed E-state index contributed by atoms with van der Waals surface area (Å²) in [5.74, 6) is -0.421. The quantitative estimate of drug-likeness (QED) is 0.754. The van der Waals surface area contributed by atoms with Gasteiger partial charge in [0.25, 0.3) is 6.01 Å². The molecule has 0 saturated heterocycles. The molecule has 5 nitrogen and oxygen atoms in total. The third-order valence-electron chi connectivity index (χ3n) is 3.33. The molecular formula is C13H20N2O3. The molecule has 0 aromatic carbocycles. The van der Waals surface area contributed by atoms with E-state index in [-0.39, 0.29) is 5.69 Å². The van der Waals surface area contributed by atoms with Gasteiger partial charge in [-0.3, -0.25) is 0 Å². The Morgan fingerprint density at radius 2 is 2.22 bits per heavy atom. The molecule has 0 atom stereocenters. The summed E-state index contributed by atoms with van der Waals surface area (Å²) in [5.41, 5.74) is 0.253. The summed E-state index contributed by atoms with van der Waals surface area (Å²) in [6.07, 6.45) is 6.24. The van der Waals surface area contributed by atoms with Crippen LogP contribution in [0.15, 0.2) is 10.7 Å². The van der Waals surface area contributed by atoms with E-state index in [9.17, 15) is 4.79 Å². The second-order valence-corrected chi connectivity index (χ2v) is 4.46. The van der Waals surface area contributed by atoms with E-state index in [0.29, 0.717) is 18.7 Å². The van der Waals surface area contributed by atoms with E-state index >= 15 is 0 Å². The number of carbonyl (C=O) groups excluding carboxylic acids is 1. The zero-order valence-electron chi connectivity index (χ0n) is 11.0. The Labute approximate surface area is 107 Å². The third-order valence-corrected chi connectivity index (χ3v) is 3.33. The summed E-state index contributed by atoms with van der Waals surface area (Å²) in [6.45, 7) is 5.04. The van der Waals surface area contributed by atoms with Crippen molar-refractivity contribution in [2.24, 2.45) is 0 Å². The van der Waals surface area contributed by atoms with Crippen molar-refractivity contribution in [2.45, 2.75) is 45.6 Å². The van der Waals surface area contributed by atoms with E-state index in [2.05, 4.69) is 16.8 Å². The lowest BCUT2D eigenvalue weighted by Gasteiger charge is -2.25. The number of anilines is 1. The van der Waals surface area contributed by atoms with Gasteiger partial charge in [0.15, 0.2) is 5.69 Å². The predicted molar refractivity (Wildman–Crippen MR) is 67.7 cm³/mol. The predicted octanol–water partition coefficient (Wildman–Crippen LogP) is 2.62. The van der Waals surface area contributed by atoms with E-state index in [1.165, 1.54) is 31.9 Å². The van der Waals surface area contributed by atoms with Gasteiger partial charge >= 0.3 is 5.97 Å². The highest BCUT2D eigenvalue weighted by atomic mass is 16.5. The molecule has 1 saturated carbocycles. The Balaban J connectivity index is 2.09. The topological polar surface area (TPSA) is 55.6 Å². The molecule has 0 spiro atoms. The number of ether oxygens (including phenoxy) is 1. The van der Waals surface area contributed by atoms with Gasteiger partial charge in [-0.15, -0.1) is 0 Å². The van der Waals surface area contributed by atoms with Crippen molar-refractivity contribution < 1.29 is 13.9 Å². The maximum atomic E-state index is 11.5. The molecule has 2 rings (SSSR count). The Morgan fingerprint density at radius 3 is 2.83 bits per heavy atom. The number of nitrogens with zero attached hydrogens (tertiary/aromatic N) is 2. The van der Waals surface area contributed by atoms with Gasteiger partial charge in [-0.2, -0.15) is 4.98 Å². The lowest BCUT2D eigenvalue weighted by Crippen LogP contribution is -2.33. The molecule has 0 amide bonds. The van der Waals surface area contributed by atoms with Crippen LogP contribution in [0.3, 0.4) is 0 Å². The fourth-order valence-electron chi connectivity index (χ4n) is 2.46. The summed E-state index contributed by atoms with van der Waals surface area (Å²) in [4.78, 5) is 17.9. The standard InChI is InChI=1S/C13H20N2O3/c1-3-15(10-7-5-6-8-10)13-14-11(9-18-13)12(16)17-4-2/h9-10H,3-8H2,1-2H3. The minimum absolute atomic E-state index is 0.253. The Morgan fingerprint density at radius 1 is 1.50 bits per heavy atom. The summed E-state index contributed by atoms with van der Waals surface area (Å²) >= 11 is 0. The van der Waals surface area contributed by atoms with Crippen molar-refractivity contribution in [1.82, 2.24) is 4.98 Å². The number of hydrogen-bond acceptors (Lipinski definition) is 5. The molecule has 1 aromatic heterocycles. The van der Waals surface area contributed by atoms with Crippen molar-refractivity contribution in [2.75, 3.05) is 18.1 Å². The number of oxazole rings is 1. The van der Waals surface area contributed by atoms with Gasteiger partial charge in [-0.25, -0.2) is 4.79 Å². The molecule has 1 heterocycles. The molecule has 1 aromatic rings. The fourth-order valence-corrected chi connectivity index (χ4v) is 2.46. The maximum absolute atomic E-state index is 11.5. The monoisotopic (exact) mass is 252 g/mol. The summed E-state index contributed by atoms with van der Waals surface area (Å²) in [7, 11) is 0. The van der Waals surface area contributed by atoms with Crippen LogP contribution in [-0.2, 0) is 4.74 Å². The molecule has 0 aliphatic heterocycles. The minimum atomic E-state index is -0.421. The lowest BCUT2D eigenvalue weighted by molar-refractivity contribution is 0.0519. The average molecular weight is 252 g/mol. The van der Waals surface area contributed by atoms with E-state index in [1.807, 2.05) is 0 Å². The van der Waals surface area contributed by atoms with E-state index < -0.39 is 5.97 Å². The minimum Gasteiger partial charge on any atom is -0.461 e. The molecule has 5 heteroatoms. The van der Waals surface area contributed by atoms with Gasteiger partial charge in [0.2, 0.25) is 0 Å². The zero-order valence-corrected chi connectivity index (χ0v) is 11.0. The van der Waals surface area contributed by atoms with Crippen molar-refractivity contribution in [3.63, 3.8) is 0 Å². The normalized spacial score (nSPS) is 15.9. The highest BCUT2D eigenvalue weighted by Gasteiger charge is 2.25. The van der Waals surface area contributed by atoms with Crippen LogP contribution in [0.4, 0.5) is 6.01 Å². The summed E-state index contributed by atoms with van der Waals surface area (Å²) in [6, 6.07) is 1.02. The Bertz CT molecular complexity index is 397. The molecule has 1 aliphatic rings. The second kappa shape index (κ2) is 5.89. The molecule has 1 fully saturated rings. The highest BCUT2D eigenvalue weighted by Crippen LogP contribution is 2.27. The molecule has 18 heavy (non-hydrogen) atoms. The van der Waals surface area contributed by atoms with Crippen molar-refractivity contribution in [1.29, 1.82) is 0 Å². The molecule has 0 unspecified atom stereocenters. The third kappa shape index (κ3) is 2.66. The Kier molecular flexibility index (Phi) is 4.23. The number of carbonyl (C=O) groups is 1. The van der Waals surface area contributed by atoms with Gasteiger partial charge in [0, 0.05) is 12.6 Å². The highest BCUT2D eigenvalue weighted by molar-refractivity contribution is 5.87. The van der Waals surface area contributed by atoms with E-state index in [1.54, 1.807) is 6.92 Å². The lowest BCUT2D eigenvalue weighted by atomic mass is 10.2. The van der Waals surface area contributed by atoms with Crippen LogP contribution in [0.2, 0.25) is 0 Å². The number of aromatic nitrogens is 1. The number of rotatable bonds is 5. The summed E-state index contributed by atoms with van der Waals surface area (Å²) < 4.78 is 10.3. The van der Waals surface area contributed by atoms with Gasteiger partial charge < -0.3 is 14.1 Å². The number of esters is 1. The van der Waals surface area contributed by atoms with Crippen LogP contribution < -0.4 is 4.90 Å². The molecular weight excluding hydrogens is 232 g/mol. The Hall–Kier alpha value is -1.52. The van der Waals surface area contributed by atoms with Gasteiger partial charge in [0.1, 0.15) is 6.26 Å². The maximum Gasteiger partial charge on any atom is 0.360 e. The SMILES string of the molecule is CCOC(=O)c1coc(N(CC)C2CCCC2)n1. The van der Waals surface area contributed by atoms with Gasteiger partial charge in [-0.1, -0.05) is 12.8 Å². The molecule has 0 N–H and O–H groups in total. The van der Waals surface area contributed by atoms with Crippen LogP contribution in [0.1, 0.15) is 50.0 Å². The first-order chi connectivity index (χ1) is 8.76. The van der Waals surface area contributed by atoms with Crippen molar-refractivity contribution >= 4 is 12.0 Å². The molecule has 0 bridgehead atoms. The molecule has 100 valence electrons. The van der Waals surface area contributed by atoms with Crippen LogP contribution in [0.5, 0.6) is 0 Å². The second-order valence-electron chi connectivity index (χ2n) is 4.46. The molecule has 1 aliphatic carbocycles. The van der Waals surface area contributed by atoms with Crippen LogP contribution in [-0.4, -0.2) is 30.1 Å². The fraction of sp³-hybridized carbons (Fsp3) is 0.692. The smallest absolute Gasteiger partial charge is 0.360 e. The first kappa shape index (κ1) is 12.9. The van der Waals surface area contributed by atoms with E-state index in [4.69, 9.17) is 9.15 Å². The van der Waals surface area contributed by atoms with Crippen molar-refractivity contribution in [3.8, 4) is 0 Å². The first-order valence-electron chi connectivity index (χ1n) is 6.65. The largest absolute Gasteiger partial charge is 0.461 e. The van der Waals surface area contributed by atoms with Gasteiger partial charge in [0.05, 0.1) is 6.61 Å². The number of hydrogen-bond donors (Lipinski definition) is 0. The summed E-state index contributed by atoms with van der Waals surface area (Å²) in [5, 5.41) is 0. The van der Waals surface area contributed by atoms with Crippen LogP contribution in [0, 0.1) is 0 Å². The van der Waals surface area contributed by atoms with E-state index in [0.717, 1.165) is 6.54 Å². The van der Waals surface area contributed by atoms with Crippen LogP contribution >= 0.6 is 0 Å². The zero-order chi connectivity index (χ0) is 13.0. The average Bonchev–Trinajstić information content (AvgIpc) is 3.01. The molecule has 0 radical (unpaired) electrons.